The summed E-state index contributed by atoms with van der Waals surface area (Å²) >= 11 is 0. The molecule has 1 rings (SSSR count). The minimum Gasteiger partial charge on any atom is -0.481 e. The zero-order valence-electron chi connectivity index (χ0n) is 11.8. The second-order valence-corrected chi connectivity index (χ2v) is 5.88. The molecule has 0 aromatic rings. The average Bonchev–Trinajstić information content (AvgIpc) is 2.35. The summed E-state index contributed by atoms with van der Waals surface area (Å²) in [6.45, 7) is 3.18. The first kappa shape index (κ1) is 15.8. The molecule has 0 saturated heterocycles. The number of aliphatic hydroxyl groups is 1. The van der Waals surface area contributed by atoms with Crippen molar-refractivity contribution in [2.75, 3.05) is 13.6 Å². The van der Waals surface area contributed by atoms with Crippen LogP contribution in [0, 0.1) is 5.41 Å². The van der Waals surface area contributed by atoms with Crippen LogP contribution in [0.1, 0.15) is 39.5 Å². The van der Waals surface area contributed by atoms with Gasteiger partial charge in [0.15, 0.2) is 0 Å². The quantitative estimate of drug-likeness (QED) is 0.713. The van der Waals surface area contributed by atoms with E-state index in [0.717, 1.165) is 19.3 Å². The van der Waals surface area contributed by atoms with E-state index in [1.54, 1.807) is 20.9 Å². The van der Waals surface area contributed by atoms with E-state index in [2.05, 4.69) is 5.32 Å². The summed E-state index contributed by atoms with van der Waals surface area (Å²) in [5, 5.41) is 21.5. The Morgan fingerprint density at radius 1 is 1.32 bits per heavy atom. The third kappa shape index (κ3) is 4.09. The van der Waals surface area contributed by atoms with Crippen molar-refractivity contribution < 1.29 is 19.8 Å². The molecule has 0 aromatic heterocycles. The Kier molecular flexibility index (Phi) is 5.17. The van der Waals surface area contributed by atoms with Crippen LogP contribution >= 0.6 is 0 Å². The molecular formula is C13H24N2O4. The molecule has 3 N–H and O–H groups in total. The molecule has 6 nitrogen and oxygen atoms in total. The van der Waals surface area contributed by atoms with Crippen molar-refractivity contribution in [3.63, 3.8) is 0 Å². The molecule has 0 aromatic carbocycles. The Labute approximate surface area is 113 Å². The van der Waals surface area contributed by atoms with Crippen molar-refractivity contribution in [3.05, 3.63) is 0 Å². The van der Waals surface area contributed by atoms with Crippen LogP contribution < -0.4 is 5.32 Å². The van der Waals surface area contributed by atoms with Crippen molar-refractivity contribution in [2.45, 2.75) is 51.7 Å². The lowest BCUT2D eigenvalue weighted by molar-refractivity contribution is -0.146. The van der Waals surface area contributed by atoms with Gasteiger partial charge in [-0.3, -0.25) is 4.79 Å². The second kappa shape index (κ2) is 6.23. The summed E-state index contributed by atoms with van der Waals surface area (Å²) in [6, 6.07) is -0.512. The molecule has 1 saturated carbocycles. The van der Waals surface area contributed by atoms with Gasteiger partial charge in [0.2, 0.25) is 0 Å². The fourth-order valence-corrected chi connectivity index (χ4v) is 2.19. The zero-order chi connectivity index (χ0) is 14.6. The van der Waals surface area contributed by atoms with Crippen LogP contribution in [0.5, 0.6) is 0 Å². The largest absolute Gasteiger partial charge is 0.481 e. The van der Waals surface area contributed by atoms with E-state index < -0.39 is 17.5 Å². The number of urea groups is 1. The smallest absolute Gasteiger partial charge is 0.317 e. The van der Waals surface area contributed by atoms with Gasteiger partial charge in [0, 0.05) is 13.6 Å². The topological polar surface area (TPSA) is 89.9 Å². The normalized spacial score (nSPS) is 23.8. The van der Waals surface area contributed by atoms with Crippen molar-refractivity contribution in [1.82, 2.24) is 10.2 Å². The molecule has 0 aliphatic heterocycles. The van der Waals surface area contributed by atoms with Gasteiger partial charge >= 0.3 is 12.0 Å². The van der Waals surface area contributed by atoms with E-state index in [4.69, 9.17) is 5.11 Å². The summed E-state index contributed by atoms with van der Waals surface area (Å²) in [7, 11) is 1.64. The van der Waals surface area contributed by atoms with E-state index in [9.17, 15) is 14.7 Å². The van der Waals surface area contributed by atoms with Gasteiger partial charge in [0.05, 0.1) is 17.6 Å². The molecule has 19 heavy (non-hydrogen) atoms. The van der Waals surface area contributed by atoms with Crippen molar-refractivity contribution >= 4 is 12.0 Å². The first-order chi connectivity index (χ1) is 8.75. The minimum absolute atomic E-state index is 0.0638. The fraction of sp³-hybridized carbons (Fsp3) is 0.846. The van der Waals surface area contributed by atoms with Crippen LogP contribution in [-0.4, -0.2) is 52.9 Å². The molecule has 0 heterocycles. The van der Waals surface area contributed by atoms with Crippen molar-refractivity contribution in [2.24, 2.45) is 5.41 Å². The highest BCUT2D eigenvalue weighted by Gasteiger charge is 2.32. The molecule has 6 heteroatoms. The van der Waals surface area contributed by atoms with E-state index in [1.165, 1.54) is 4.90 Å². The van der Waals surface area contributed by atoms with Gasteiger partial charge in [-0.25, -0.2) is 4.79 Å². The van der Waals surface area contributed by atoms with Gasteiger partial charge < -0.3 is 20.4 Å². The highest BCUT2D eigenvalue weighted by Crippen LogP contribution is 2.22. The van der Waals surface area contributed by atoms with Crippen LogP contribution in [0.25, 0.3) is 0 Å². The van der Waals surface area contributed by atoms with Gasteiger partial charge in [-0.1, -0.05) is 12.8 Å². The summed E-state index contributed by atoms with van der Waals surface area (Å²) in [4.78, 5) is 24.4. The molecule has 2 unspecified atom stereocenters. The van der Waals surface area contributed by atoms with Crippen LogP contribution in [0.15, 0.2) is 0 Å². The highest BCUT2D eigenvalue weighted by molar-refractivity contribution is 5.77. The Morgan fingerprint density at radius 2 is 1.89 bits per heavy atom. The maximum atomic E-state index is 12.0. The van der Waals surface area contributed by atoms with Crippen molar-refractivity contribution in [3.8, 4) is 0 Å². The molecule has 2 atom stereocenters. The third-order valence-electron chi connectivity index (χ3n) is 3.77. The van der Waals surface area contributed by atoms with Gasteiger partial charge in [-0.15, -0.1) is 0 Å². The number of rotatable bonds is 4. The Balaban J connectivity index is 2.51. The van der Waals surface area contributed by atoms with Crippen LogP contribution in [-0.2, 0) is 4.79 Å². The number of carboxylic acid groups (broad SMARTS) is 1. The lowest BCUT2D eigenvalue weighted by Gasteiger charge is -2.35. The first-order valence-corrected chi connectivity index (χ1v) is 6.68. The van der Waals surface area contributed by atoms with Crippen LogP contribution in [0.4, 0.5) is 4.79 Å². The van der Waals surface area contributed by atoms with Gasteiger partial charge in [0.1, 0.15) is 0 Å². The number of hydrogen-bond donors (Lipinski definition) is 3. The molecule has 2 amide bonds. The monoisotopic (exact) mass is 272 g/mol. The number of aliphatic carboxylic acids is 1. The Morgan fingerprint density at radius 3 is 2.42 bits per heavy atom. The summed E-state index contributed by atoms with van der Waals surface area (Å²) in [6.07, 6.45) is 2.99. The summed E-state index contributed by atoms with van der Waals surface area (Å²) < 4.78 is 0. The lowest BCUT2D eigenvalue weighted by Crippen LogP contribution is -2.51. The molecule has 110 valence electrons. The van der Waals surface area contributed by atoms with Crippen LogP contribution in [0.2, 0.25) is 0 Å². The molecule has 0 spiro atoms. The number of aliphatic hydroxyl groups excluding tert-OH is 1. The maximum Gasteiger partial charge on any atom is 0.317 e. The molecule has 0 bridgehead atoms. The Hall–Kier alpha value is -1.30. The number of carbonyl (C=O) groups excluding carboxylic acids is 1. The molecule has 1 aliphatic carbocycles. The number of carbonyl (C=O) groups is 2. The molecular weight excluding hydrogens is 248 g/mol. The maximum absolute atomic E-state index is 12.0. The van der Waals surface area contributed by atoms with E-state index in [1.807, 2.05) is 0 Å². The molecule has 1 fully saturated rings. The summed E-state index contributed by atoms with van der Waals surface area (Å²) in [5.74, 6) is -0.951. The average molecular weight is 272 g/mol. The number of hydrogen-bond acceptors (Lipinski definition) is 3. The van der Waals surface area contributed by atoms with E-state index in [0.29, 0.717) is 6.42 Å². The van der Waals surface area contributed by atoms with Gasteiger partial charge in [-0.05, 0) is 26.7 Å². The minimum atomic E-state index is -0.998. The molecule has 0 radical (unpaired) electrons. The summed E-state index contributed by atoms with van der Waals surface area (Å²) in [5.41, 5.74) is -0.998. The highest BCUT2D eigenvalue weighted by atomic mass is 16.4. The number of amides is 2. The van der Waals surface area contributed by atoms with E-state index in [-0.39, 0.29) is 18.6 Å². The number of likely N-dealkylation sites (N-methyl/N-ethyl adjacent to an activating group) is 1. The van der Waals surface area contributed by atoms with E-state index >= 15 is 0 Å². The number of nitrogens with one attached hydrogen (secondary N) is 1. The van der Waals surface area contributed by atoms with Crippen molar-refractivity contribution in [1.29, 1.82) is 0 Å². The third-order valence-corrected chi connectivity index (χ3v) is 3.77. The van der Waals surface area contributed by atoms with Crippen LogP contribution in [0.3, 0.4) is 0 Å². The van der Waals surface area contributed by atoms with Gasteiger partial charge in [-0.2, -0.15) is 0 Å². The predicted octanol–water partition coefficient (Wildman–Crippen LogP) is 1.04. The fourth-order valence-electron chi connectivity index (χ4n) is 2.19. The zero-order valence-corrected chi connectivity index (χ0v) is 11.8. The molecule has 1 aliphatic rings. The lowest BCUT2D eigenvalue weighted by atomic mass is 9.91. The standard InChI is InChI=1S/C13H24N2O4/c1-13(2,11(17)18)8-14-12(19)15(3)9-6-4-5-7-10(9)16/h9-10,16H,4-8H2,1-3H3,(H,14,19)(H,17,18). The predicted molar refractivity (Wildman–Crippen MR) is 70.8 cm³/mol. The van der Waals surface area contributed by atoms with Gasteiger partial charge in [0.25, 0.3) is 0 Å². The second-order valence-electron chi connectivity index (χ2n) is 5.88. The first-order valence-electron chi connectivity index (χ1n) is 6.68. The Bertz CT molecular complexity index is 344. The number of nitrogens with zero attached hydrogens (tertiary/aromatic N) is 1. The number of carboxylic acids is 1. The SMILES string of the molecule is CN(C(=O)NCC(C)(C)C(=O)O)C1CCCCC1O.